The van der Waals surface area contributed by atoms with Crippen molar-refractivity contribution in [3.63, 3.8) is 0 Å². The van der Waals surface area contributed by atoms with Crippen LogP contribution in [-0.4, -0.2) is 101 Å². The highest BCUT2D eigenvalue weighted by Gasteiger charge is 2.77. The number of thioether (sulfide) groups is 1. The zero-order valence-electron chi connectivity index (χ0n) is 23.9. The van der Waals surface area contributed by atoms with E-state index in [0.717, 1.165) is 23.9 Å². The van der Waals surface area contributed by atoms with Crippen LogP contribution in [0.25, 0.3) is 11.0 Å². The molecule has 5 rings (SSSR count). The standard InChI is InChI=1S/C30H40N6O4S/c1-5-16-33(4)26(38)23-24-27(39)35(18-10-7-11-19-37)25(30(24)15-14-29(23,3)41-30)28(40)34(17-6-2)20-36-22-13-9-8-12-21(22)31-32-36/h5-6,8-9,12-13,23-25,37H,1-2,7,10-11,14-20H2,3-4H3/t23-,24+,25?,29+,30?/m1/s1. The minimum absolute atomic E-state index is 0.0646. The van der Waals surface area contributed by atoms with Crippen molar-refractivity contribution in [2.24, 2.45) is 11.8 Å². The summed E-state index contributed by atoms with van der Waals surface area (Å²) in [6.07, 6.45) is 6.88. The SMILES string of the molecule is C=CCN(C)C(=O)[C@H]1[C@H]2C(=O)N(CCCCCO)C(C(=O)N(CC=C)Cn3nnc4ccccc43)C23CC[C@]1(C)S3. The van der Waals surface area contributed by atoms with E-state index in [1.54, 1.807) is 50.3 Å². The van der Waals surface area contributed by atoms with Crippen LogP contribution < -0.4 is 0 Å². The lowest BCUT2D eigenvalue weighted by molar-refractivity contribution is -0.145. The number of carbonyl (C=O) groups excluding carboxylic acids is 3. The lowest BCUT2D eigenvalue weighted by Crippen LogP contribution is -2.55. The molecule has 3 aliphatic rings. The lowest BCUT2D eigenvalue weighted by atomic mass is 9.66. The van der Waals surface area contributed by atoms with Crippen molar-refractivity contribution in [2.45, 2.75) is 61.2 Å². The Morgan fingerprint density at radius 3 is 2.63 bits per heavy atom. The van der Waals surface area contributed by atoms with Crippen molar-refractivity contribution < 1.29 is 19.5 Å². The van der Waals surface area contributed by atoms with E-state index in [-0.39, 0.29) is 37.5 Å². The number of hydrogen-bond acceptors (Lipinski definition) is 7. The van der Waals surface area contributed by atoms with Gasteiger partial charge in [0.05, 0.1) is 22.1 Å². The Labute approximate surface area is 245 Å². The van der Waals surface area contributed by atoms with Gasteiger partial charge in [0.25, 0.3) is 0 Å². The fourth-order valence-corrected chi connectivity index (χ4v) is 9.49. The molecular weight excluding hydrogens is 540 g/mol. The molecule has 1 aromatic heterocycles. The van der Waals surface area contributed by atoms with Crippen molar-refractivity contribution >= 4 is 40.5 Å². The maximum Gasteiger partial charge on any atom is 0.248 e. The third kappa shape index (κ3) is 4.86. The number of fused-ring (bicyclic) bond motifs is 2. The van der Waals surface area contributed by atoms with Crippen LogP contribution in [0.5, 0.6) is 0 Å². The molecule has 1 N–H and O–H groups in total. The summed E-state index contributed by atoms with van der Waals surface area (Å²) in [6, 6.07) is 6.88. The first-order valence-corrected chi connectivity index (χ1v) is 15.2. The van der Waals surface area contributed by atoms with E-state index in [2.05, 4.69) is 30.4 Å². The first-order chi connectivity index (χ1) is 19.7. The van der Waals surface area contributed by atoms with Crippen LogP contribution in [0.1, 0.15) is 39.0 Å². The Hall–Kier alpha value is -3.18. The van der Waals surface area contributed by atoms with E-state index in [9.17, 15) is 19.5 Å². The molecule has 2 bridgehead atoms. The molecule has 4 heterocycles. The van der Waals surface area contributed by atoms with Gasteiger partial charge in [-0.1, -0.05) is 29.5 Å². The fourth-order valence-electron chi connectivity index (χ4n) is 7.14. The highest BCUT2D eigenvalue weighted by atomic mass is 32.2. The number of likely N-dealkylation sites (tertiary alicyclic amines) is 1. The minimum Gasteiger partial charge on any atom is -0.396 e. The van der Waals surface area contributed by atoms with Crippen molar-refractivity contribution in [3.8, 4) is 0 Å². The molecule has 0 saturated carbocycles. The highest BCUT2D eigenvalue weighted by molar-refractivity contribution is 8.02. The number of carbonyl (C=O) groups is 3. The molecule has 0 aliphatic carbocycles. The van der Waals surface area contributed by atoms with Gasteiger partial charge in [-0.15, -0.1) is 30.0 Å². The van der Waals surface area contributed by atoms with Gasteiger partial charge in [0.1, 0.15) is 18.2 Å². The second-order valence-electron chi connectivity index (χ2n) is 11.6. The summed E-state index contributed by atoms with van der Waals surface area (Å²) in [6.45, 7) is 11.1. The van der Waals surface area contributed by atoms with E-state index >= 15 is 0 Å². The van der Waals surface area contributed by atoms with Gasteiger partial charge < -0.3 is 19.8 Å². The molecule has 1 spiro atoms. The number of benzene rings is 1. The predicted octanol–water partition coefficient (Wildman–Crippen LogP) is 2.69. The number of likely N-dealkylation sites (N-methyl/N-ethyl adjacent to an activating group) is 1. The van der Waals surface area contributed by atoms with Crippen LogP contribution >= 0.6 is 11.8 Å². The third-order valence-electron chi connectivity index (χ3n) is 9.00. The predicted molar refractivity (Wildman–Crippen MR) is 159 cm³/mol. The molecular formula is C30H40N6O4S. The monoisotopic (exact) mass is 580 g/mol. The number of aromatic nitrogens is 3. The van der Waals surface area contributed by atoms with Gasteiger partial charge in [-0.25, -0.2) is 4.68 Å². The smallest absolute Gasteiger partial charge is 0.248 e. The molecule has 220 valence electrons. The number of unbranched alkanes of at least 4 members (excludes halogenated alkanes) is 2. The summed E-state index contributed by atoms with van der Waals surface area (Å²) in [4.78, 5) is 47.8. The van der Waals surface area contributed by atoms with Gasteiger partial charge in [-0.3, -0.25) is 14.4 Å². The number of nitrogens with zero attached hydrogens (tertiary/aromatic N) is 6. The quantitative estimate of drug-likeness (QED) is 0.286. The first-order valence-electron chi connectivity index (χ1n) is 14.4. The average Bonchev–Trinajstić information content (AvgIpc) is 3.66. The Morgan fingerprint density at radius 1 is 1.15 bits per heavy atom. The molecule has 10 nitrogen and oxygen atoms in total. The maximum absolute atomic E-state index is 14.6. The first kappa shape index (κ1) is 29.3. The molecule has 3 saturated heterocycles. The lowest BCUT2D eigenvalue weighted by Gasteiger charge is -2.37. The van der Waals surface area contributed by atoms with E-state index in [1.165, 1.54) is 0 Å². The summed E-state index contributed by atoms with van der Waals surface area (Å²) in [7, 11) is 1.75. The van der Waals surface area contributed by atoms with E-state index in [0.29, 0.717) is 32.4 Å². The van der Waals surface area contributed by atoms with Crippen LogP contribution in [0.2, 0.25) is 0 Å². The number of aliphatic hydroxyl groups is 1. The van der Waals surface area contributed by atoms with Gasteiger partial charge in [-0.05, 0) is 51.2 Å². The molecule has 3 aliphatic heterocycles. The number of amides is 3. The van der Waals surface area contributed by atoms with Crippen LogP contribution in [0, 0.1) is 11.8 Å². The summed E-state index contributed by atoms with van der Waals surface area (Å²) < 4.78 is 0.574. The summed E-state index contributed by atoms with van der Waals surface area (Å²) in [5, 5.41) is 17.8. The van der Waals surface area contributed by atoms with Crippen molar-refractivity contribution in [1.29, 1.82) is 0 Å². The van der Waals surface area contributed by atoms with E-state index < -0.39 is 27.4 Å². The second kappa shape index (κ2) is 11.6. The van der Waals surface area contributed by atoms with Crippen LogP contribution in [-0.2, 0) is 21.1 Å². The third-order valence-corrected chi connectivity index (χ3v) is 11.0. The number of aliphatic hydroxyl groups excluding tert-OH is 1. The molecule has 41 heavy (non-hydrogen) atoms. The fraction of sp³-hybridized carbons (Fsp3) is 0.567. The molecule has 11 heteroatoms. The number of hydrogen-bond donors (Lipinski definition) is 1. The summed E-state index contributed by atoms with van der Waals surface area (Å²) in [5.41, 5.74) is 1.55. The molecule has 3 amide bonds. The highest BCUT2D eigenvalue weighted by Crippen LogP contribution is 2.71. The molecule has 5 atom stereocenters. The Balaban J connectivity index is 1.52. The van der Waals surface area contributed by atoms with Gasteiger partial charge in [-0.2, -0.15) is 0 Å². The van der Waals surface area contributed by atoms with Crippen molar-refractivity contribution in [2.75, 3.05) is 33.3 Å². The van der Waals surface area contributed by atoms with Gasteiger partial charge >= 0.3 is 0 Å². The molecule has 3 fully saturated rings. The molecule has 2 aromatic rings. The van der Waals surface area contributed by atoms with Gasteiger partial charge in [0, 0.05) is 38.0 Å². The maximum atomic E-state index is 14.6. The number of para-hydroxylation sites is 1. The van der Waals surface area contributed by atoms with E-state index in [1.807, 2.05) is 24.3 Å². The Morgan fingerprint density at radius 2 is 1.90 bits per heavy atom. The molecule has 2 unspecified atom stereocenters. The summed E-state index contributed by atoms with van der Waals surface area (Å²) >= 11 is 1.67. The van der Waals surface area contributed by atoms with Gasteiger partial charge in [0.15, 0.2) is 0 Å². The Bertz CT molecular complexity index is 1350. The molecule has 1 aromatic carbocycles. The van der Waals surface area contributed by atoms with Crippen LogP contribution in [0.3, 0.4) is 0 Å². The summed E-state index contributed by atoms with van der Waals surface area (Å²) in [5.74, 6) is -1.42. The zero-order chi connectivity index (χ0) is 29.4. The Kier molecular flexibility index (Phi) is 8.29. The normalized spacial score (nSPS) is 28.2. The second-order valence-corrected chi connectivity index (χ2v) is 13.5. The van der Waals surface area contributed by atoms with Gasteiger partial charge in [0.2, 0.25) is 17.7 Å². The minimum atomic E-state index is -0.710. The topological polar surface area (TPSA) is 112 Å². The van der Waals surface area contributed by atoms with E-state index in [4.69, 9.17) is 0 Å². The largest absolute Gasteiger partial charge is 0.396 e. The average molecular weight is 581 g/mol. The number of rotatable bonds is 13. The van der Waals surface area contributed by atoms with Crippen molar-refractivity contribution in [3.05, 3.63) is 49.6 Å². The van der Waals surface area contributed by atoms with Crippen molar-refractivity contribution in [1.82, 2.24) is 29.7 Å². The van der Waals surface area contributed by atoms with Crippen LogP contribution in [0.15, 0.2) is 49.6 Å². The van der Waals surface area contributed by atoms with Crippen LogP contribution in [0.4, 0.5) is 0 Å². The zero-order valence-corrected chi connectivity index (χ0v) is 24.8. The molecule has 0 radical (unpaired) electrons.